The molecule has 170 valence electrons. The largest absolute Gasteiger partial charge is 0.478 e. The molecule has 4 rings (SSSR count). The third-order valence-corrected chi connectivity index (χ3v) is 6.34. The summed E-state index contributed by atoms with van der Waals surface area (Å²) < 4.78 is 5.86. The van der Waals surface area contributed by atoms with Gasteiger partial charge in [0.2, 0.25) is 0 Å². The Morgan fingerprint density at radius 1 is 1.19 bits per heavy atom. The predicted molar refractivity (Wildman–Crippen MR) is 124 cm³/mol. The summed E-state index contributed by atoms with van der Waals surface area (Å²) in [6.45, 7) is 10.4. The summed E-state index contributed by atoms with van der Waals surface area (Å²) in [4.78, 5) is 33.3. The maximum Gasteiger partial charge on any atom is 0.269 e. The molecular weight excluding hydrogens is 406 g/mol. The molecule has 0 saturated carbocycles. The number of amides is 2. The second kappa shape index (κ2) is 9.16. The van der Waals surface area contributed by atoms with Gasteiger partial charge in [-0.25, -0.2) is 4.98 Å². The van der Waals surface area contributed by atoms with Gasteiger partial charge in [-0.1, -0.05) is 13.0 Å². The average Bonchev–Trinajstić information content (AvgIpc) is 2.81. The average molecular weight is 438 g/mol. The molecule has 0 spiro atoms. The van der Waals surface area contributed by atoms with Crippen LogP contribution in [0, 0.1) is 13.8 Å². The maximum absolute atomic E-state index is 12.2. The molecule has 3 heterocycles. The number of ether oxygens (including phenoxy) is 1. The minimum Gasteiger partial charge on any atom is -0.478 e. The van der Waals surface area contributed by atoms with Gasteiger partial charge in [0.1, 0.15) is 11.4 Å². The number of carbonyl (C=O) groups is 2. The fraction of sp³-hybridized carbons (Fsp3) is 0.458. The topological polar surface area (TPSA) is 86.8 Å². The molecule has 8 nitrogen and oxygen atoms in total. The zero-order valence-electron chi connectivity index (χ0n) is 19.2. The number of hydrogen-bond acceptors (Lipinski definition) is 6. The Morgan fingerprint density at radius 2 is 1.94 bits per heavy atom. The van der Waals surface area contributed by atoms with Crippen LogP contribution in [0.15, 0.2) is 24.3 Å². The van der Waals surface area contributed by atoms with E-state index in [1.807, 2.05) is 32.9 Å². The number of nitrogens with one attached hydrogen (secondary N) is 2. The molecule has 2 aliphatic heterocycles. The minimum atomic E-state index is -0.413. The summed E-state index contributed by atoms with van der Waals surface area (Å²) in [5.74, 6) is 0.516. The van der Waals surface area contributed by atoms with Crippen LogP contribution < -0.4 is 20.3 Å². The van der Waals surface area contributed by atoms with Crippen LogP contribution in [0.3, 0.4) is 0 Å². The first-order valence-electron chi connectivity index (χ1n) is 11.2. The monoisotopic (exact) mass is 437 g/mol. The first kappa shape index (κ1) is 22.1. The lowest BCUT2D eigenvalue weighted by molar-refractivity contribution is -0.123. The van der Waals surface area contributed by atoms with Crippen LogP contribution in [0.1, 0.15) is 40.7 Å². The van der Waals surface area contributed by atoms with E-state index in [2.05, 4.69) is 31.5 Å². The summed E-state index contributed by atoms with van der Waals surface area (Å²) in [5.41, 5.74) is 5.45. The van der Waals surface area contributed by atoms with E-state index in [-0.39, 0.29) is 11.8 Å². The van der Waals surface area contributed by atoms with Gasteiger partial charge in [0, 0.05) is 39.8 Å². The van der Waals surface area contributed by atoms with Crippen molar-refractivity contribution in [3.8, 4) is 5.75 Å². The van der Waals surface area contributed by atoms with Crippen molar-refractivity contribution in [2.75, 3.05) is 43.4 Å². The highest BCUT2D eigenvalue weighted by atomic mass is 16.5. The summed E-state index contributed by atoms with van der Waals surface area (Å²) in [6.07, 6.45) is 0.240. The Morgan fingerprint density at radius 3 is 2.59 bits per heavy atom. The lowest BCUT2D eigenvalue weighted by Gasteiger charge is -2.37. The summed E-state index contributed by atoms with van der Waals surface area (Å²) in [5, 5.41) is 5.65. The van der Waals surface area contributed by atoms with Crippen molar-refractivity contribution in [3.05, 3.63) is 46.8 Å². The second-order valence-corrected chi connectivity index (χ2v) is 8.37. The molecule has 2 N–H and O–H groups in total. The zero-order chi connectivity index (χ0) is 22.8. The van der Waals surface area contributed by atoms with Crippen LogP contribution in [-0.2, 0) is 11.3 Å². The quantitative estimate of drug-likeness (QED) is 0.748. The molecule has 32 heavy (non-hydrogen) atoms. The Hall–Kier alpha value is -3.13. The SMILES string of the molecule is CC[C@@H]1Oc2ccc(CN3CCN(c4ccc(C(=O)NC)nc4C)CC3)c(C)c2NC1=O. The molecular formula is C24H31N5O3. The number of rotatable bonds is 5. The van der Waals surface area contributed by atoms with Crippen LogP contribution in [0.25, 0.3) is 0 Å². The molecule has 1 aromatic carbocycles. The van der Waals surface area contributed by atoms with Crippen molar-refractivity contribution in [2.45, 2.75) is 39.8 Å². The van der Waals surface area contributed by atoms with E-state index in [4.69, 9.17) is 4.74 Å². The van der Waals surface area contributed by atoms with Crippen molar-refractivity contribution in [3.63, 3.8) is 0 Å². The van der Waals surface area contributed by atoms with E-state index in [1.165, 1.54) is 5.56 Å². The van der Waals surface area contributed by atoms with Crippen LogP contribution in [0.5, 0.6) is 5.75 Å². The van der Waals surface area contributed by atoms with Crippen molar-refractivity contribution in [1.29, 1.82) is 0 Å². The van der Waals surface area contributed by atoms with E-state index in [0.717, 1.165) is 61.1 Å². The van der Waals surface area contributed by atoms with Gasteiger partial charge in [-0.15, -0.1) is 0 Å². The first-order valence-corrected chi connectivity index (χ1v) is 11.2. The predicted octanol–water partition coefficient (Wildman–Crippen LogP) is 2.49. The van der Waals surface area contributed by atoms with E-state index in [9.17, 15) is 9.59 Å². The number of nitrogens with zero attached hydrogens (tertiary/aromatic N) is 3. The van der Waals surface area contributed by atoms with Crippen LogP contribution >= 0.6 is 0 Å². The van der Waals surface area contributed by atoms with Gasteiger partial charge < -0.3 is 20.3 Å². The smallest absolute Gasteiger partial charge is 0.269 e. The fourth-order valence-electron chi connectivity index (χ4n) is 4.36. The fourth-order valence-corrected chi connectivity index (χ4v) is 4.36. The molecule has 1 saturated heterocycles. The van der Waals surface area contributed by atoms with E-state index in [0.29, 0.717) is 12.1 Å². The third-order valence-electron chi connectivity index (χ3n) is 6.34. The van der Waals surface area contributed by atoms with Gasteiger partial charge in [0.05, 0.1) is 17.1 Å². The number of pyridine rings is 1. The molecule has 2 aliphatic rings. The van der Waals surface area contributed by atoms with E-state index in [1.54, 1.807) is 13.1 Å². The molecule has 0 bridgehead atoms. The third kappa shape index (κ3) is 4.27. The van der Waals surface area contributed by atoms with Crippen molar-refractivity contribution in [2.24, 2.45) is 0 Å². The normalized spacial score (nSPS) is 18.6. The van der Waals surface area contributed by atoms with Crippen LogP contribution in [0.2, 0.25) is 0 Å². The molecule has 1 aromatic heterocycles. The minimum absolute atomic E-state index is 0.0692. The van der Waals surface area contributed by atoms with Gasteiger partial charge in [-0.2, -0.15) is 0 Å². The van der Waals surface area contributed by atoms with Gasteiger partial charge in [-0.05, 0) is 49.6 Å². The lowest BCUT2D eigenvalue weighted by atomic mass is 10.0. The number of carbonyl (C=O) groups excluding carboxylic acids is 2. The standard InChI is InChI=1S/C24H31N5O3/c1-5-20-24(31)27-22-15(2)17(6-9-21(22)32-20)14-28-10-12-29(13-11-28)19-8-7-18(23(30)25-4)26-16(19)3/h6-9,20H,5,10-14H2,1-4H3,(H,25,30)(H,27,31)/t20-/m0/s1. The first-order chi connectivity index (χ1) is 15.4. The van der Waals surface area contributed by atoms with E-state index < -0.39 is 6.10 Å². The number of anilines is 2. The maximum atomic E-state index is 12.2. The molecule has 1 fully saturated rings. The van der Waals surface area contributed by atoms with Crippen LogP contribution in [0.4, 0.5) is 11.4 Å². The number of aromatic nitrogens is 1. The van der Waals surface area contributed by atoms with Gasteiger partial charge in [-0.3, -0.25) is 14.5 Å². The summed E-state index contributed by atoms with van der Waals surface area (Å²) in [7, 11) is 1.61. The lowest BCUT2D eigenvalue weighted by Crippen LogP contribution is -2.46. The number of hydrogen-bond donors (Lipinski definition) is 2. The van der Waals surface area contributed by atoms with Crippen molar-refractivity contribution < 1.29 is 14.3 Å². The van der Waals surface area contributed by atoms with Crippen LogP contribution in [-0.4, -0.2) is 61.0 Å². The summed E-state index contributed by atoms with van der Waals surface area (Å²) in [6, 6.07) is 7.85. The molecule has 2 amide bonds. The molecule has 0 radical (unpaired) electrons. The van der Waals surface area contributed by atoms with E-state index >= 15 is 0 Å². The Kier molecular flexibility index (Phi) is 6.32. The summed E-state index contributed by atoms with van der Waals surface area (Å²) >= 11 is 0. The Labute approximate surface area is 188 Å². The molecule has 8 heteroatoms. The number of benzene rings is 1. The Bertz CT molecular complexity index is 1030. The molecule has 2 aromatic rings. The highest BCUT2D eigenvalue weighted by Crippen LogP contribution is 2.35. The van der Waals surface area contributed by atoms with Gasteiger partial charge >= 0.3 is 0 Å². The molecule has 1 atom stereocenters. The van der Waals surface area contributed by atoms with Crippen molar-refractivity contribution in [1.82, 2.24) is 15.2 Å². The Balaban J connectivity index is 1.40. The number of fused-ring (bicyclic) bond motifs is 1. The molecule has 0 unspecified atom stereocenters. The molecule has 0 aliphatic carbocycles. The second-order valence-electron chi connectivity index (χ2n) is 8.37. The number of piperazine rings is 1. The highest BCUT2D eigenvalue weighted by Gasteiger charge is 2.28. The number of aryl methyl sites for hydroxylation is 1. The van der Waals surface area contributed by atoms with Crippen molar-refractivity contribution >= 4 is 23.2 Å². The van der Waals surface area contributed by atoms with Gasteiger partial charge in [0.15, 0.2) is 6.10 Å². The highest BCUT2D eigenvalue weighted by molar-refractivity contribution is 5.98. The van der Waals surface area contributed by atoms with Gasteiger partial charge in [0.25, 0.3) is 11.8 Å². The zero-order valence-corrected chi connectivity index (χ0v) is 19.2.